The summed E-state index contributed by atoms with van der Waals surface area (Å²) in [6.45, 7) is 6.17. The summed E-state index contributed by atoms with van der Waals surface area (Å²) in [4.78, 5) is 4.44. The summed E-state index contributed by atoms with van der Waals surface area (Å²) in [7, 11) is 3.82. The monoisotopic (exact) mass is 278 g/mol. The van der Waals surface area contributed by atoms with Crippen molar-refractivity contribution in [2.24, 2.45) is 7.05 Å². The Balaban J connectivity index is 2.56. The summed E-state index contributed by atoms with van der Waals surface area (Å²) >= 11 is 6.26. The predicted octanol–water partition coefficient (Wildman–Crippen LogP) is 2.94. The predicted molar refractivity (Wildman–Crippen MR) is 80.4 cm³/mol. The number of hydrogen-bond donors (Lipinski definition) is 1. The highest BCUT2D eigenvalue weighted by molar-refractivity contribution is 6.31. The maximum atomic E-state index is 6.26. The lowest BCUT2D eigenvalue weighted by Crippen LogP contribution is -2.21. The Labute approximate surface area is 118 Å². The maximum Gasteiger partial charge on any atom is 0.159 e. The molecule has 0 aliphatic carbocycles. The molecule has 0 spiro atoms. The van der Waals surface area contributed by atoms with Crippen molar-refractivity contribution >= 4 is 28.7 Å². The number of nitrogens with one attached hydrogen (secondary N) is 1. The highest BCUT2D eigenvalue weighted by Crippen LogP contribution is 2.24. The van der Waals surface area contributed by atoms with E-state index in [-0.39, 0.29) is 0 Å². The molecule has 1 unspecified atom stereocenters. The maximum absolute atomic E-state index is 6.26. The minimum absolute atomic E-state index is 0.307. The molecule has 0 aromatic carbocycles. The molecule has 2 rings (SSSR count). The molecule has 5 heteroatoms. The molecule has 0 radical (unpaired) electrons. The van der Waals surface area contributed by atoms with Crippen LogP contribution in [0.5, 0.6) is 0 Å². The number of hydrogen-bond acceptors (Lipinski definition) is 3. The Morgan fingerprint density at radius 3 is 2.84 bits per heavy atom. The zero-order chi connectivity index (χ0) is 14.2. The van der Waals surface area contributed by atoms with Gasteiger partial charge in [-0.2, -0.15) is 5.10 Å². The molecule has 2 heterocycles. The summed E-state index contributed by atoms with van der Waals surface area (Å²) in [5, 5.41) is 9.13. The lowest BCUT2D eigenvalue weighted by Gasteiger charge is -2.11. The fraction of sp³-hybridized carbons (Fsp3) is 0.429. The van der Waals surface area contributed by atoms with Crippen LogP contribution >= 0.6 is 11.6 Å². The van der Waals surface area contributed by atoms with E-state index in [1.807, 2.05) is 21.0 Å². The van der Waals surface area contributed by atoms with E-state index < -0.39 is 0 Å². The molecule has 1 N–H and O–H groups in total. The van der Waals surface area contributed by atoms with Crippen molar-refractivity contribution < 1.29 is 0 Å². The van der Waals surface area contributed by atoms with E-state index in [1.54, 1.807) is 4.68 Å². The fourth-order valence-electron chi connectivity index (χ4n) is 2.04. The molecule has 0 aliphatic rings. The van der Waals surface area contributed by atoms with Crippen molar-refractivity contribution in [2.75, 3.05) is 7.05 Å². The first kappa shape index (κ1) is 14.0. The third-order valence-corrected chi connectivity index (χ3v) is 3.78. The quantitative estimate of drug-likeness (QED) is 0.878. The van der Waals surface area contributed by atoms with Gasteiger partial charge in [0.15, 0.2) is 5.65 Å². The zero-order valence-corrected chi connectivity index (χ0v) is 12.7. The molecule has 19 heavy (non-hydrogen) atoms. The Hall–Kier alpha value is -1.39. The van der Waals surface area contributed by atoms with Gasteiger partial charge >= 0.3 is 0 Å². The second kappa shape index (κ2) is 5.31. The summed E-state index contributed by atoms with van der Waals surface area (Å²) in [5.41, 5.74) is 3.94. The van der Waals surface area contributed by atoms with Gasteiger partial charge in [-0.3, -0.25) is 4.68 Å². The highest BCUT2D eigenvalue weighted by Gasteiger charge is 2.11. The molecule has 0 bridgehead atoms. The normalized spacial score (nSPS) is 14.1. The van der Waals surface area contributed by atoms with Crippen LogP contribution in [0.25, 0.3) is 17.1 Å². The lowest BCUT2D eigenvalue weighted by atomic mass is 10.1. The van der Waals surface area contributed by atoms with E-state index in [4.69, 9.17) is 11.6 Å². The Morgan fingerprint density at radius 1 is 1.53 bits per heavy atom. The van der Waals surface area contributed by atoms with Gasteiger partial charge < -0.3 is 5.32 Å². The number of rotatable bonds is 3. The van der Waals surface area contributed by atoms with Crippen molar-refractivity contribution in [3.05, 3.63) is 28.0 Å². The number of aryl methyl sites for hydroxylation is 2. The Morgan fingerprint density at radius 2 is 2.21 bits per heavy atom. The van der Waals surface area contributed by atoms with Crippen molar-refractivity contribution in [3.63, 3.8) is 0 Å². The lowest BCUT2D eigenvalue weighted by molar-refractivity contribution is 0.696. The van der Waals surface area contributed by atoms with Crippen LogP contribution in [0.15, 0.2) is 11.6 Å². The largest absolute Gasteiger partial charge is 0.314 e. The average molecular weight is 279 g/mol. The topological polar surface area (TPSA) is 42.7 Å². The number of nitrogens with zero attached hydrogens (tertiary/aromatic N) is 3. The van der Waals surface area contributed by atoms with Crippen LogP contribution in [0.3, 0.4) is 0 Å². The standard InChI is InChI=1S/C14H19ClN4/c1-8(9(2)16-4)6-11-7-12-10(3)18-19(5)14(12)17-13(11)15/h6-7,9,16H,1-5H3/b8-6+. The zero-order valence-electron chi connectivity index (χ0n) is 12.0. The first-order valence-electron chi connectivity index (χ1n) is 6.29. The summed E-state index contributed by atoms with van der Waals surface area (Å²) in [5.74, 6) is 0. The van der Waals surface area contributed by atoms with Gasteiger partial charge in [-0.15, -0.1) is 0 Å². The number of pyridine rings is 1. The first-order chi connectivity index (χ1) is 8.93. The molecule has 2 aromatic heterocycles. The molecular weight excluding hydrogens is 260 g/mol. The summed E-state index contributed by atoms with van der Waals surface area (Å²) < 4.78 is 1.76. The van der Waals surface area contributed by atoms with Crippen LogP contribution in [-0.2, 0) is 7.05 Å². The molecule has 0 saturated heterocycles. The average Bonchev–Trinajstić information content (AvgIpc) is 2.64. The van der Waals surface area contributed by atoms with Crippen LogP contribution in [0.1, 0.15) is 25.1 Å². The van der Waals surface area contributed by atoms with Gasteiger partial charge in [0.25, 0.3) is 0 Å². The third-order valence-electron chi connectivity index (χ3n) is 3.48. The number of fused-ring (bicyclic) bond motifs is 1. The SMILES string of the molecule is CNC(C)/C(C)=C/c1cc2c(C)nn(C)c2nc1Cl. The molecule has 1 atom stereocenters. The second-order valence-corrected chi connectivity index (χ2v) is 5.21. The molecular formula is C14H19ClN4. The molecule has 2 aromatic rings. The fourth-order valence-corrected chi connectivity index (χ4v) is 2.22. The molecule has 102 valence electrons. The molecule has 4 nitrogen and oxygen atoms in total. The van der Waals surface area contributed by atoms with Crippen LogP contribution in [0.4, 0.5) is 0 Å². The van der Waals surface area contributed by atoms with E-state index in [9.17, 15) is 0 Å². The van der Waals surface area contributed by atoms with Gasteiger partial charge in [0, 0.05) is 24.0 Å². The van der Waals surface area contributed by atoms with Gasteiger partial charge in [-0.1, -0.05) is 23.3 Å². The van der Waals surface area contributed by atoms with E-state index in [0.29, 0.717) is 11.2 Å². The number of aromatic nitrogens is 3. The van der Waals surface area contributed by atoms with Crippen molar-refractivity contribution in [2.45, 2.75) is 26.8 Å². The van der Waals surface area contributed by atoms with E-state index in [2.05, 4.69) is 41.4 Å². The smallest absolute Gasteiger partial charge is 0.159 e. The number of halogens is 1. The van der Waals surface area contributed by atoms with Gasteiger partial charge in [-0.05, 0) is 33.9 Å². The van der Waals surface area contributed by atoms with Crippen LogP contribution in [-0.4, -0.2) is 27.9 Å². The van der Waals surface area contributed by atoms with Gasteiger partial charge in [-0.25, -0.2) is 4.98 Å². The van der Waals surface area contributed by atoms with E-state index in [1.165, 1.54) is 5.57 Å². The second-order valence-electron chi connectivity index (χ2n) is 4.85. The van der Waals surface area contributed by atoms with E-state index >= 15 is 0 Å². The Bertz CT molecular complexity index is 642. The van der Waals surface area contributed by atoms with E-state index in [0.717, 1.165) is 22.3 Å². The van der Waals surface area contributed by atoms with Crippen LogP contribution in [0.2, 0.25) is 5.15 Å². The minimum atomic E-state index is 0.307. The van der Waals surface area contributed by atoms with Gasteiger partial charge in [0.05, 0.1) is 5.69 Å². The molecule has 0 amide bonds. The molecule has 0 aliphatic heterocycles. The highest BCUT2D eigenvalue weighted by atomic mass is 35.5. The van der Waals surface area contributed by atoms with Gasteiger partial charge in [0.2, 0.25) is 0 Å². The third kappa shape index (κ3) is 2.65. The first-order valence-corrected chi connectivity index (χ1v) is 6.67. The van der Waals surface area contributed by atoms with Crippen molar-refractivity contribution in [1.29, 1.82) is 0 Å². The number of likely N-dealkylation sites (N-methyl/N-ethyl adjacent to an activating group) is 1. The summed E-state index contributed by atoms with van der Waals surface area (Å²) in [6, 6.07) is 2.36. The van der Waals surface area contributed by atoms with Crippen molar-refractivity contribution in [3.8, 4) is 0 Å². The Kier molecular flexibility index (Phi) is 3.92. The molecule has 0 fully saturated rings. The minimum Gasteiger partial charge on any atom is -0.314 e. The van der Waals surface area contributed by atoms with Crippen LogP contribution in [0, 0.1) is 6.92 Å². The van der Waals surface area contributed by atoms with Crippen molar-refractivity contribution in [1.82, 2.24) is 20.1 Å². The summed E-state index contributed by atoms with van der Waals surface area (Å²) in [6.07, 6.45) is 2.07. The van der Waals surface area contributed by atoms with Gasteiger partial charge in [0.1, 0.15) is 5.15 Å². The molecule has 0 saturated carbocycles. The van der Waals surface area contributed by atoms with Crippen LogP contribution < -0.4 is 5.32 Å².